The van der Waals surface area contributed by atoms with Gasteiger partial charge >= 0.3 is 0 Å². The van der Waals surface area contributed by atoms with Crippen molar-refractivity contribution in [2.24, 2.45) is 0 Å². The van der Waals surface area contributed by atoms with Crippen LogP contribution in [0.3, 0.4) is 0 Å². The minimum atomic E-state index is -1.55. The Kier molecular flexibility index (Phi) is 7.08. The molecule has 9 atom stereocenters. The lowest BCUT2D eigenvalue weighted by atomic mass is 9.96. The summed E-state index contributed by atoms with van der Waals surface area (Å²) >= 11 is 0. The number of hydrogen-bond donors (Lipinski definition) is 7. The van der Waals surface area contributed by atoms with Gasteiger partial charge < -0.3 is 50.2 Å². The van der Waals surface area contributed by atoms with E-state index in [9.17, 15) is 35.4 Å². The smallest absolute Gasteiger partial charge is 0.217 e. The second-order valence-corrected chi connectivity index (χ2v) is 6.15. The molecule has 0 unspecified atom stereocenters. The highest BCUT2D eigenvalue weighted by Gasteiger charge is 2.48. The van der Waals surface area contributed by atoms with Crippen LogP contribution < -0.4 is 5.32 Å². The molecule has 11 heteroatoms. The van der Waals surface area contributed by atoms with Crippen LogP contribution in [0.4, 0.5) is 0 Å². The van der Waals surface area contributed by atoms with Crippen molar-refractivity contribution < 1.29 is 49.6 Å². The van der Waals surface area contributed by atoms with E-state index in [1.165, 1.54) is 6.92 Å². The van der Waals surface area contributed by atoms with E-state index in [-0.39, 0.29) is 6.42 Å². The minimum Gasteiger partial charge on any atom is -0.394 e. The lowest BCUT2D eigenvalue weighted by Crippen LogP contribution is -2.66. The Hall–Kier alpha value is -0.890. The summed E-state index contributed by atoms with van der Waals surface area (Å²) in [4.78, 5) is 11.3. The Morgan fingerprint density at radius 2 is 1.68 bits per heavy atom. The number of carbonyl (C=O) groups excluding carboxylic acids is 1. The zero-order valence-corrected chi connectivity index (χ0v) is 13.6. The molecule has 1 amide bonds. The average molecular weight is 367 g/mol. The van der Waals surface area contributed by atoms with Gasteiger partial charge in [-0.1, -0.05) is 0 Å². The van der Waals surface area contributed by atoms with Gasteiger partial charge in [0, 0.05) is 13.3 Å². The third kappa shape index (κ3) is 4.64. The lowest BCUT2D eigenvalue weighted by Gasteiger charge is -2.45. The molecule has 0 spiro atoms. The molecule has 2 fully saturated rings. The molecule has 0 radical (unpaired) electrons. The maximum absolute atomic E-state index is 11.3. The first kappa shape index (κ1) is 20.4. The third-order valence-electron chi connectivity index (χ3n) is 4.27. The van der Waals surface area contributed by atoms with Crippen LogP contribution in [0.2, 0.25) is 0 Å². The summed E-state index contributed by atoms with van der Waals surface area (Å²) in [5, 5.41) is 60.7. The third-order valence-corrected chi connectivity index (χ3v) is 4.27. The van der Waals surface area contributed by atoms with Crippen LogP contribution in [-0.2, 0) is 19.0 Å². The molecule has 0 aliphatic carbocycles. The van der Waals surface area contributed by atoms with Crippen molar-refractivity contribution in [3.8, 4) is 0 Å². The first-order chi connectivity index (χ1) is 11.8. The predicted octanol–water partition coefficient (Wildman–Crippen LogP) is -4.22. The molecule has 2 rings (SSSR count). The Morgan fingerprint density at radius 3 is 2.24 bits per heavy atom. The first-order valence-corrected chi connectivity index (χ1v) is 7.96. The van der Waals surface area contributed by atoms with E-state index < -0.39 is 74.4 Å². The molecule has 0 bridgehead atoms. The number of amides is 1. The van der Waals surface area contributed by atoms with E-state index >= 15 is 0 Å². The van der Waals surface area contributed by atoms with Gasteiger partial charge in [-0.25, -0.2) is 0 Å². The summed E-state index contributed by atoms with van der Waals surface area (Å²) in [7, 11) is 0. The van der Waals surface area contributed by atoms with Crippen molar-refractivity contribution in [2.45, 2.75) is 68.6 Å². The molecule has 0 aromatic carbocycles. The molecule has 11 nitrogen and oxygen atoms in total. The molecule has 146 valence electrons. The molecule has 25 heavy (non-hydrogen) atoms. The number of aliphatic hydroxyl groups is 6. The van der Waals surface area contributed by atoms with Gasteiger partial charge in [-0.3, -0.25) is 4.79 Å². The van der Waals surface area contributed by atoms with Crippen LogP contribution in [0.25, 0.3) is 0 Å². The van der Waals surface area contributed by atoms with Crippen molar-refractivity contribution in [3.63, 3.8) is 0 Å². The highest BCUT2D eigenvalue weighted by atomic mass is 16.7. The molecule has 0 aromatic rings. The molecule has 2 heterocycles. The fourth-order valence-electron chi connectivity index (χ4n) is 2.96. The number of rotatable bonds is 5. The lowest BCUT2D eigenvalue weighted by molar-refractivity contribution is -0.317. The SMILES string of the molecule is CC(=O)N[C@@H]1[C@@H](O[C@H]2C[C@@H](O)[C@@H](O)[C@@H](CO)O2)[C@H](O)[C@@H](CO)O[C@H]1O. The molecule has 2 aliphatic rings. The highest BCUT2D eigenvalue weighted by molar-refractivity contribution is 5.73. The van der Waals surface area contributed by atoms with Crippen LogP contribution in [0.15, 0.2) is 0 Å². The maximum Gasteiger partial charge on any atom is 0.217 e. The molecule has 0 aromatic heterocycles. The Labute approximate surface area is 143 Å². The van der Waals surface area contributed by atoms with E-state index in [0.717, 1.165) is 0 Å². The van der Waals surface area contributed by atoms with E-state index in [0.29, 0.717) is 0 Å². The van der Waals surface area contributed by atoms with Crippen LogP contribution >= 0.6 is 0 Å². The number of carbonyl (C=O) groups is 1. The second kappa shape index (κ2) is 8.66. The fourth-order valence-corrected chi connectivity index (χ4v) is 2.96. The second-order valence-electron chi connectivity index (χ2n) is 6.15. The molecule has 0 saturated carbocycles. The molecular weight excluding hydrogens is 342 g/mol. The standard InChI is InChI=1S/C14H25NO10/c1-5(18)15-10-13(12(21)8(4-17)24-14(10)22)25-9-2-6(19)11(20)7(3-16)23-9/h6-14,16-17,19-22H,2-4H2,1H3,(H,15,18)/t6-,7-,8-,9+,10-,11-,12-,13-,14-/m1/s1. The van der Waals surface area contributed by atoms with Crippen LogP contribution in [-0.4, -0.2) is 105 Å². The van der Waals surface area contributed by atoms with Crippen LogP contribution in [0.1, 0.15) is 13.3 Å². The van der Waals surface area contributed by atoms with Gasteiger partial charge in [-0.2, -0.15) is 0 Å². The number of nitrogens with one attached hydrogen (secondary N) is 1. The summed E-state index contributed by atoms with van der Waals surface area (Å²) in [6, 6.07) is -1.16. The van der Waals surface area contributed by atoms with Crippen LogP contribution in [0.5, 0.6) is 0 Å². The largest absolute Gasteiger partial charge is 0.394 e. The van der Waals surface area contributed by atoms with Gasteiger partial charge in [0.1, 0.15) is 36.6 Å². The van der Waals surface area contributed by atoms with Crippen molar-refractivity contribution in [1.29, 1.82) is 0 Å². The van der Waals surface area contributed by atoms with Gasteiger partial charge in [-0.05, 0) is 0 Å². The van der Waals surface area contributed by atoms with E-state index in [1.54, 1.807) is 0 Å². The average Bonchev–Trinajstić information content (AvgIpc) is 2.56. The van der Waals surface area contributed by atoms with Gasteiger partial charge in [-0.15, -0.1) is 0 Å². The summed E-state index contributed by atoms with van der Waals surface area (Å²) < 4.78 is 16.0. The number of hydrogen-bond acceptors (Lipinski definition) is 10. The van der Waals surface area contributed by atoms with Crippen molar-refractivity contribution in [2.75, 3.05) is 13.2 Å². The summed E-state index contributed by atoms with van der Waals surface area (Å²) in [5.74, 6) is -0.510. The van der Waals surface area contributed by atoms with Crippen molar-refractivity contribution in [3.05, 3.63) is 0 Å². The van der Waals surface area contributed by atoms with E-state index in [2.05, 4.69) is 5.32 Å². The van der Waals surface area contributed by atoms with Crippen LogP contribution in [0, 0.1) is 0 Å². The maximum atomic E-state index is 11.3. The quantitative estimate of drug-likeness (QED) is 0.252. The number of aliphatic hydroxyl groups excluding tert-OH is 6. The van der Waals surface area contributed by atoms with Gasteiger partial charge in [0.05, 0.1) is 19.3 Å². The Morgan fingerprint density at radius 1 is 1.08 bits per heavy atom. The molecular formula is C14H25NO10. The Bertz CT molecular complexity index is 451. The molecule has 7 N–H and O–H groups in total. The van der Waals surface area contributed by atoms with Crippen molar-refractivity contribution >= 4 is 5.91 Å². The van der Waals surface area contributed by atoms with Gasteiger partial charge in [0.25, 0.3) is 0 Å². The molecule has 2 aliphatic heterocycles. The normalized spacial score (nSPS) is 45.2. The molecule has 2 saturated heterocycles. The minimum absolute atomic E-state index is 0.158. The summed E-state index contributed by atoms with van der Waals surface area (Å²) in [5.41, 5.74) is 0. The highest BCUT2D eigenvalue weighted by Crippen LogP contribution is 2.28. The number of ether oxygens (including phenoxy) is 3. The summed E-state index contributed by atoms with van der Waals surface area (Å²) in [6.45, 7) is 0.0374. The Balaban J connectivity index is 2.14. The first-order valence-electron chi connectivity index (χ1n) is 7.96. The topological polar surface area (TPSA) is 178 Å². The van der Waals surface area contributed by atoms with Gasteiger partial charge in [0.15, 0.2) is 12.6 Å². The zero-order valence-electron chi connectivity index (χ0n) is 13.6. The zero-order chi connectivity index (χ0) is 18.7. The van der Waals surface area contributed by atoms with Crippen molar-refractivity contribution in [1.82, 2.24) is 5.32 Å². The van der Waals surface area contributed by atoms with E-state index in [4.69, 9.17) is 14.2 Å². The van der Waals surface area contributed by atoms with E-state index in [1.807, 2.05) is 0 Å². The predicted molar refractivity (Wildman–Crippen MR) is 78.8 cm³/mol. The monoisotopic (exact) mass is 367 g/mol. The fraction of sp³-hybridized carbons (Fsp3) is 0.929. The van der Waals surface area contributed by atoms with Gasteiger partial charge in [0.2, 0.25) is 5.91 Å². The summed E-state index contributed by atoms with van der Waals surface area (Å²) in [6.07, 6.45) is -10.3.